The van der Waals surface area contributed by atoms with Crippen LogP contribution < -0.4 is 4.74 Å². The van der Waals surface area contributed by atoms with E-state index in [-0.39, 0.29) is 12.5 Å². The van der Waals surface area contributed by atoms with Gasteiger partial charge in [0.05, 0.1) is 0 Å². The zero-order chi connectivity index (χ0) is 13.7. The van der Waals surface area contributed by atoms with Crippen molar-refractivity contribution >= 4 is 17.4 Å². The molecule has 1 unspecified atom stereocenters. The van der Waals surface area contributed by atoms with Crippen LogP contribution in [0.5, 0.6) is 5.75 Å². The van der Waals surface area contributed by atoms with Crippen LogP contribution in [-0.2, 0) is 11.3 Å². The van der Waals surface area contributed by atoms with Crippen LogP contribution in [0.25, 0.3) is 0 Å². The van der Waals surface area contributed by atoms with Gasteiger partial charge in [0, 0.05) is 6.54 Å². The first-order valence-electron chi connectivity index (χ1n) is 5.57. The summed E-state index contributed by atoms with van der Waals surface area (Å²) in [5.74, 6) is 0.427. The van der Waals surface area contributed by atoms with E-state index < -0.39 is 17.4 Å². The molecular weight excluding hydrogens is 254 g/mol. The summed E-state index contributed by atoms with van der Waals surface area (Å²) in [4.78, 5) is 11.7. The second-order valence-corrected chi connectivity index (χ2v) is 5.27. The predicted octanol–water partition coefficient (Wildman–Crippen LogP) is 2.59. The highest BCUT2D eigenvalue weighted by molar-refractivity contribution is 7.77. The molecule has 1 rings (SSSR count). The normalized spacial score (nSPS) is 12.3. The SMILES string of the molecule is Cc1ccc(OC(=O)N(CC(C)C)S(=O)O)cc1. The van der Waals surface area contributed by atoms with Crippen molar-refractivity contribution < 1.29 is 18.3 Å². The van der Waals surface area contributed by atoms with Gasteiger partial charge in [0.25, 0.3) is 11.3 Å². The van der Waals surface area contributed by atoms with Gasteiger partial charge in [-0.15, -0.1) is 0 Å². The highest BCUT2D eigenvalue weighted by Gasteiger charge is 2.22. The van der Waals surface area contributed by atoms with E-state index in [1.54, 1.807) is 24.3 Å². The lowest BCUT2D eigenvalue weighted by atomic mass is 10.2. The Balaban J connectivity index is 2.72. The van der Waals surface area contributed by atoms with E-state index in [9.17, 15) is 9.00 Å². The van der Waals surface area contributed by atoms with Crippen LogP contribution in [0.15, 0.2) is 24.3 Å². The molecule has 0 fully saturated rings. The average Bonchev–Trinajstić information content (AvgIpc) is 2.28. The van der Waals surface area contributed by atoms with E-state index in [0.29, 0.717) is 5.75 Å². The lowest BCUT2D eigenvalue weighted by Gasteiger charge is -2.19. The average molecular weight is 271 g/mol. The molecule has 100 valence electrons. The number of nitrogens with zero attached hydrogens (tertiary/aromatic N) is 1. The van der Waals surface area contributed by atoms with Crippen LogP contribution in [0.4, 0.5) is 4.79 Å². The third-order valence-corrected chi connectivity index (χ3v) is 2.82. The Labute approximate surface area is 109 Å². The van der Waals surface area contributed by atoms with Crippen LogP contribution in [0.2, 0.25) is 0 Å². The van der Waals surface area contributed by atoms with Gasteiger partial charge in [0.15, 0.2) is 0 Å². The largest absolute Gasteiger partial charge is 0.428 e. The minimum absolute atomic E-state index is 0.0756. The van der Waals surface area contributed by atoms with E-state index >= 15 is 0 Å². The molecule has 0 saturated carbocycles. The molecule has 0 aliphatic rings. The fourth-order valence-corrected chi connectivity index (χ4v) is 1.88. The smallest absolute Gasteiger partial charge is 0.410 e. The molecule has 1 aromatic rings. The van der Waals surface area contributed by atoms with Crippen molar-refractivity contribution in [3.05, 3.63) is 29.8 Å². The second-order valence-electron chi connectivity index (χ2n) is 4.37. The topological polar surface area (TPSA) is 66.8 Å². The number of amides is 1. The molecule has 0 spiro atoms. The summed E-state index contributed by atoms with van der Waals surface area (Å²) in [6, 6.07) is 6.87. The number of carbonyl (C=O) groups is 1. The summed E-state index contributed by atoms with van der Waals surface area (Å²) in [5, 5.41) is 0. The molecule has 0 aliphatic carbocycles. The van der Waals surface area contributed by atoms with Crippen molar-refractivity contribution in [3.8, 4) is 5.75 Å². The Morgan fingerprint density at radius 1 is 1.39 bits per heavy atom. The maximum Gasteiger partial charge on any atom is 0.428 e. The molecule has 1 amide bonds. The Bertz CT molecular complexity index is 430. The van der Waals surface area contributed by atoms with Crippen molar-refractivity contribution in [1.29, 1.82) is 0 Å². The van der Waals surface area contributed by atoms with Gasteiger partial charge in [-0.25, -0.2) is 13.3 Å². The number of ether oxygens (including phenoxy) is 1. The molecular formula is C12H17NO4S. The van der Waals surface area contributed by atoms with Crippen molar-refractivity contribution in [1.82, 2.24) is 4.31 Å². The van der Waals surface area contributed by atoms with Gasteiger partial charge in [-0.2, -0.15) is 0 Å². The van der Waals surface area contributed by atoms with Crippen LogP contribution in [0, 0.1) is 12.8 Å². The van der Waals surface area contributed by atoms with E-state index in [2.05, 4.69) is 0 Å². The number of hydrogen-bond donors (Lipinski definition) is 1. The maximum atomic E-state index is 11.7. The molecule has 1 aromatic carbocycles. The second kappa shape index (κ2) is 6.51. The van der Waals surface area contributed by atoms with Crippen molar-refractivity contribution in [2.24, 2.45) is 5.92 Å². The summed E-state index contributed by atoms with van der Waals surface area (Å²) < 4.78 is 25.9. The third kappa shape index (κ3) is 4.46. The van der Waals surface area contributed by atoms with Crippen LogP contribution in [-0.4, -0.2) is 25.7 Å². The Morgan fingerprint density at radius 2 is 1.94 bits per heavy atom. The molecule has 0 aromatic heterocycles. The lowest BCUT2D eigenvalue weighted by molar-refractivity contribution is 0.175. The summed E-state index contributed by atoms with van der Waals surface area (Å²) in [6.45, 7) is 5.77. The zero-order valence-electron chi connectivity index (χ0n) is 10.6. The van der Waals surface area contributed by atoms with Gasteiger partial charge < -0.3 is 4.74 Å². The Hall–Kier alpha value is -1.40. The van der Waals surface area contributed by atoms with Crippen LogP contribution in [0.1, 0.15) is 19.4 Å². The van der Waals surface area contributed by atoms with E-state index in [1.165, 1.54) is 0 Å². The van der Waals surface area contributed by atoms with Crippen LogP contribution in [0.3, 0.4) is 0 Å². The highest BCUT2D eigenvalue weighted by Crippen LogP contribution is 2.14. The van der Waals surface area contributed by atoms with E-state index in [0.717, 1.165) is 9.87 Å². The number of rotatable bonds is 4. The number of hydrogen-bond acceptors (Lipinski definition) is 3. The number of carbonyl (C=O) groups excluding carboxylic acids is 1. The molecule has 0 heterocycles. The number of aryl methyl sites for hydroxylation is 1. The summed E-state index contributed by atoms with van der Waals surface area (Å²) in [5.41, 5.74) is 1.04. The Kier molecular flexibility index (Phi) is 5.30. The van der Waals surface area contributed by atoms with Crippen molar-refractivity contribution in [2.75, 3.05) is 6.54 Å². The maximum absolute atomic E-state index is 11.7. The summed E-state index contributed by atoms with van der Waals surface area (Å²) in [7, 11) is 0. The first-order chi connectivity index (χ1) is 8.40. The molecule has 0 bridgehead atoms. The van der Waals surface area contributed by atoms with E-state index in [4.69, 9.17) is 9.29 Å². The molecule has 1 atom stereocenters. The fourth-order valence-electron chi connectivity index (χ4n) is 1.29. The summed E-state index contributed by atoms with van der Waals surface area (Å²) >= 11 is -2.37. The first-order valence-corrected chi connectivity index (χ1v) is 6.63. The molecule has 18 heavy (non-hydrogen) atoms. The lowest BCUT2D eigenvalue weighted by Crippen LogP contribution is -2.37. The molecule has 5 nitrogen and oxygen atoms in total. The quantitative estimate of drug-likeness (QED) is 0.855. The molecule has 1 N–H and O–H groups in total. The highest BCUT2D eigenvalue weighted by atomic mass is 32.2. The van der Waals surface area contributed by atoms with E-state index in [1.807, 2.05) is 20.8 Å². The fraction of sp³-hybridized carbons (Fsp3) is 0.417. The van der Waals surface area contributed by atoms with Gasteiger partial charge in [-0.05, 0) is 25.0 Å². The van der Waals surface area contributed by atoms with Crippen LogP contribution >= 0.6 is 0 Å². The zero-order valence-corrected chi connectivity index (χ0v) is 11.4. The molecule has 6 heteroatoms. The van der Waals surface area contributed by atoms with Gasteiger partial charge in [-0.3, -0.25) is 4.55 Å². The molecule has 0 radical (unpaired) electrons. The summed E-state index contributed by atoms with van der Waals surface area (Å²) in [6.07, 6.45) is -0.826. The predicted molar refractivity (Wildman–Crippen MR) is 69.5 cm³/mol. The third-order valence-electron chi connectivity index (χ3n) is 2.15. The molecule has 0 saturated heterocycles. The Morgan fingerprint density at radius 3 is 2.39 bits per heavy atom. The monoisotopic (exact) mass is 271 g/mol. The number of benzene rings is 1. The van der Waals surface area contributed by atoms with Crippen molar-refractivity contribution in [3.63, 3.8) is 0 Å². The van der Waals surface area contributed by atoms with Gasteiger partial charge >= 0.3 is 6.09 Å². The standard InChI is InChI=1S/C12H17NO4S/c1-9(2)8-13(18(15)16)12(14)17-11-6-4-10(3)5-7-11/h4-7,9H,8H2,1-3H3,(H,15,16). The first kappa shape index (κ1) is 14.7. The molecule has 0 aliphatic heterocycles. The van der Waals surface area contributed by atoms with Crippen molar-refractivity contribution in [2.45, 2.75) is 20.8 Å². The van der Waals surface area contributed by atoms with Gasteiger partial charge in [0.1, 0.15) is 5.75 Å². The van der Waals surface area contributed by atoms with Gasteiger partial charge in [0.2, 0.25) is 0 Å². The van der Waals surface area contributed by atoms with Gasteiger partial charge in [-0.1, -0.05) is 31.5 Å². The minimum atomic E-state index is -2.37. The minimum Gasteiger partial charge on any atom is -0.410 e.